The summed E-state index contributed by atoms with van der Waals surface area (Å²) in [6.07, 6.45) is 0.391. The summed E-state index contributed by atoms with van der Waals surface area (Å²) in [6.45, 7) is 0. The topological polar surface area (TPSA) is 123 Å². The molecule has 2 N–H and O–H groups in total. The number of thioether (sulfide) groups is 1. The number of hydrogen-bond donors (Lipinski definition) is 2. The third kappa shape index (κ3) is 5.68. The number of aromatic nitrogens is 1. The van der Waals surface area contributed by atoms with Crippen molar-refractivity contribution >= 4 is 27.9 Å². The van der Waals surface area contributed by atoms with E-state index in [2.05, 4.69) is 11.1 Å². The van der Waals surface area contributed by atoms with Gasteiger partial charge in [0.25, 0.3) is 0 Å². The van der Waals surface area contributed by atoms with E-state index in [1.807, 2.05) is 35.1 Å². The molecule has 1 amide bonds. The Labute approximate surface area is 161 Å². The lowest BCUT2D eigenvalue weighted by Crippen LogP contribution is -2.40. The van der Waals surface area contributed by atoms with Gasteiger partial charge in [-0.3, -0.25) is 9.59 Å². The number of carbonyl (C=O) groups is 1. The van der Waals surface area contributed by atoms with Gasteiger partial charge < -0.3 is 4.98 Å². The summed E-state index contributed by atoms with van der Waals surface area (Å²) in [6, 6.07) is 12.8. The zero-order valence-corrected chi connectivity index (χ0v) is 16.4. The number of amides is 1. The van der Waals surface area contributed by atoms with Crippen LogP contribution in [0.15, 0.2) is 46.2 Å². The van der Waals surface area contributed by atoms with Crippen LogP contribution in [0.2, 0.25) is 0 Å². The van der Waals surface area contributed by atoms with E-state index < -0.39 is 21.7 Å². The van der Waals surface area contributed by atoms with Crippen molar-refractivity contribution in [1.82, 2.24) is 14.0 Å². The van der Waals surface area contributed by atoms with Crippen LogP contribution >= 0.6 is 11.8 Å². The summed E-state index contributed by atoms with van der Waals surface area (Å²) in [4.78, 5) is 26.4. The summed E-state index contributed by atoms with van der Waals surface area (Å²) in [5.41, 5.74) is 1.33. The molecular formula is C17H18N4O4S2. The van der Waals surface area contributed by atoms with Gasteiger partial charge in [-0.15, -0.1) is 0 Å². The van der Waals surface area contributed by atoms with Crippen LogP contribution in [0.3, 0.4) is 0 Å². The molecule has 0 bridgehead atoms. The Bertz CT molecular complexity index is 1030. The van der Waals surface area contributed by atoms with Crippen LogP contribution in [-0.4, -0.2) is 43.5 Å². The van der Waals surface area contributed by atoms with Crippen molar-refractivity contribution in [1.29, 1.82) is 5.26 Å². The van der Waals surface area contributed by atoms with Gasteiger partial charge in [-0.05, 0) is 17.5 Å². The van der Waals surface area contributed by atoms with Gasteiger partial charge in [0, 0.05) is 20.2 Å². The van der Waals surface area contributed by atoms with Crippen molar-refractivity contribution < 1.29 is 13.2 Å². The third-order valence-corrected chi connectivity index (χ3v) is 5.96. The molecule has 27 heavy (non-hydrogen) atoms. The Morgan fingerprint density at radius 1 is 1.30 bits per heavy atom. The molecule has 10 heteroatoms. The molecule has 0 saturated carbocycles. The first-order valence-corrected chi connectivity index (χ1v) is 10.2. The van der Waals surface area contributed by atoms with Gasteiger partial charge in [0.15, 0.2) is 0 Å². The first-order valence-electron chi connectivity index (χ1n) is 7.79. The highest BCUT2D eigenvalue weighted by Gasteiger charge is 2.18. The molecule has 2 rings (SSSR count). The Kier molecular flexibility index (Phi) is 6.79. The Morgan fingerprint density at radius 3 is 2.56 bits per heavy atom. The van der Waals surface area contributed by atoms with Crippen molar-refractivity contribution in [3.05, 3.63) is 63.4 Å². The number of nitrogens with zero attached hydrogens (tertiary/aromatic N) is 2. The minimum absolute atomic E-state index is 0.230. The van der Waals surface area contributed by atoms with Crippen LogP contribution in [0, 0.1) is 11.3 Å². The first kappa shape index (κ1) is 20.7. The number of aromatic amines is 1. The van der Waals surface area contributed by atoms with Crippen LogP contribution in [0.5, 0.6) is 0 Å². The summed E-state index contributed by atoms with van der Waals surface area (Å²) in [7, 11) is -1.31. The van der Waals surface area contributed by atoms with E-state index in [9.17, 15) is 23.3 Å². The van der Waals surface area contributed by atoms with Crippen molar-refractivity contribution in [3.8, 4) is 6.07 Å². The summed E-state index contributed by atoms with van der Waals surface area (Å²) in [5, 5.41) is 9.73. The maximum Gasteiger partial charge on any atom is 0.303 e. The number of nitriles is 1. The van der Waals surface area contributed by atoms with Gasteiger partial charge in [-0.1, -0.05) is 42.1 Å². The van der Waals surface area contributed by atoms with E-state index in [1.165, 1.54) is 20.2 Å². The molecule has 0 radical (unpaired) electrons. The fourth-order valence-electron chi connectivity index (χ4n) is 2.18. The molecule has 0 saturated heterocycles. The summed E-state index contributed by atoms with van der Waals surface area (Å²) in [5.74, 6) is -1.03. The van der Waals surface area contributed by atoms with Crippen molar-refractivity contribution in [3.63, 3.8) is 0 Å². The smallest absolute Gasteiger partial charge is 0.303 e. The lowest BCUT2D eigenvalue weighted by atomic mass is 10.0. The van der Waals surface area contributed by atoms with E-state index in [4.69, 9.17) is 0 Å². The molecule has 0 fully saturated rings. The molecule has 8 nitrogen and oxygen atoms in total. The molecule has 0 unspecified atom stereocenters. The molecule has 2 aromatic rings. The molecule has 1 aromatic heterocycles. The molecule has 1 heterocycles. The van der Waals surface area contributed by atoms with Crippen LogP contribution in [-0.2, 0) is 21.4 Å². The average molecular weight is 406 g/mol. The average Bonchev–Trinajstić information content (AvgIpc) is 2.60. The lowest BCUT2D eigenvalue weighted by Gasteiger charge is -2.12. The zero-order chi connectivity index (χ0) is 20.0. The largest absolute Gasteiger partial charge is 0.316 e. The molecule has 0 aliphatic carbocycles. The lowest BCUT2D eigenvalue weighted by molar-refractivity contribution is -0.116. The molecule has 0 atom stereocenters. The molecular weight excluding hydrogens is 388 g/mol. The standard InChI is InChI=1S/C17H18N4O4S2/c1-21(2)27(24,25)20-16(23)11-26-17-14(10-18)13(9-15(22)19-17)8-12-6-4-3-5-7-12/h3-7,9H,8,11H2,1-2H3,(H,19,22)(H,20,23). The number of pyridine rings is 1. The highest BCUT2D eigenvalue weighted by Crippen LogP contribution is 2.23. The molecule has 0 spiro atoms. The number of benzene rings is 1. The van der Waals surface area contributed by atoms with Gasteiger partial charge in [-0.25, -0.2) is 4.72 Å². The third-order valence-electron chi connectivity index (χ3n) is 3.51. The quantitative estimate of drug-likeness (QED) is 0.657. The van der Waals surface area contributed by atoms with Gasteiger partial charge in [0.1, 0.15) is 6.07 Å². The van der Waals surface area contributed by atoms with E-state index in [1.54, 1.807) is 0 Å². The number of H-pyrrole nitrogens is 1. The van der Waals surface area contributed by atoms with E-state index >= 15 is 0 Å². The highest BCUT2D eigenvalue weighted by atomic mass is 32.2. The number of nitrogens with one attached hydrogen (secondary N) is 2. The second kappa shape index (κ2) is 8.85. The Hall–Kier alpha value is -2.61. The first-order chi connectivity index (χ1) is 12.7. The molecule has 0 aliphatic rings. The predicted molar refractivity (Wildman–Crippen MR) is 102 cm³/mol. The fraction of sp³-hybridized carbons (Fsp3) is 0.235. The minimum Gasteiger partial charge on any atom is -0.316 e. The van der Waals surface area contributed by atoms with E-state index in [-0.39, 0.29) is 16.3 Å². The van der Waals surface area contributed by atoms with Crippen molar-refractivity contribution in [2.75, 3.05) is 19.8 Å². The second-order valence-electron chi connectivity index (χ2n) is 5.74. The van der Waals surface area contributed by atoms with Gasteiger partial charge >= 0.3 is 10.2 Å². The van der Waals surface area contributed by atoms with E-state index in [0.29, 0.717) is 12.0 Å². The van der Waals surface area contributed by atoms with Crippen LogP contribution in [0.25, 0.3) is 0 Å². The highest BCUT2D eigenvalue weighted by molar-refractivity contribution is 8.00. The maximum absolute atomic E-state index is 12.0. The monoisotopic (exact) mass is 406 g/mol. The zero-order valence-electron chi connectivity index (χ0n) is 14.7. The molecule has 0 aliphatic heterocycles. The Balaban J connectivity index is 2.21. The van der Waals surface area contributed by atoms with Crippen LogP contribution < -0.4 is 10.3 Å². The number of rotatable bonds is 7. The number of hydrogen-bond acceptors (Lipinski definition) is 6. The minimum atomic E-state index is -3.89. The predicted octanol–water partition coefficient (Wildman–Crippen LogP) is 0.852. The normalized spacial score (nSPS) is 11.2. The summed E-state index contributed by atoms with van der Waals surface area (Å²) < 4.78 is 26.1. The van der Waals surface area contributed by atoms with Gasteiger partial charge in [0.2, 0.25) is 11.5 Å². The van der Waals surface area contributed by atoms with Gasteiger partial charge in [0.05, 0.1) is 16.3 Å². The van der Waals surface area contributed by atoms with Crippen molar-refractivity contribution in [2.24, 2.45) is 0 Å². The summed E-state index contributed by atoms with van der Waals surface area (Å²) >= 11 is 0.898. The van der Waals surface area contributed by atoms with Crippen molar-refractivity contribution in [2.45, 2.75) is 11.4 Å². The Morgan fingerprint density at radius 2 is 1.96 bits per heavy atom. The van der Waals surface area contributed by atoms with E-state index in [0.717, 1.165) is 21.6 Å². The van der Waals surface area contributed by atoms with Crippen LogP contribution in [0.1, 0.15) is 16.7 Å². The van der Waals surface area contributed by atoms with Crippen LogP contribution in [0.4, 0.5) is 0 Å². The molecule has 1 aromatic carbocycles. The molecule has 142 valence electrons. The van der Waals surface area contributed by atoms with Gasteiger partial charge in [-0.2, -0.15) is 18.0 Å². The second-order valence-corrected chi connectivity index (χ2v) is 8.61. The SMILES string of the molecule is CN(C)S(=O)(=O)NC(=O)CSc1[nH]c(=O)cc(Cc2ccccc2)c1C#N. The fourth-order valence-corrected chi connectivity index (χ4v) is 3.65. The maximum atomic E-state index is 12.0. The number of carbonyl (C=O) groups excluding carboxylic acids is 1.